The molecule has 0 aliphatic heterocycles. The molecule has 0 saturated carbocycles. The van der Waals surface area contributed by atoms with Crippen molar-refractivity contribution in [1.82, 2.24) is 4.98 Å². The van der Waals surface area contributed by atoms with Gasteiger partial charge >= 0.3 is 5.97 Å². The van der Waals surface area contributed by atoms with Crippen molar-refractivity contribution in [3.05, 3.63) is 89.5 Å². The molecule has 29 heavy (non-hydrogen) atoms. The number of hydrogen-bond acceptors (Lipinski definition) is 2. The minimum Gasteiger partial charge on any atom is -0.478 e. The topological polar surface area (TPSA) is 81.7 Å². The maximum atomic E-state index is 14.0. The number of carbonyl (C=O) groups is 1. The number of hydrogen-bond donors (Lipinski definition) is 1. The molecule has 0 aliphatic rings. The maximum Gasteiger partial charge on any atom is 0.336 e. The highest BCUT2D eigenvalue weighted by molar-refractivity contribution is 6.05. The smallest absolute Gasteiger partial charge is 0.336 e. The quantitative estimate of drug-likeness (QED) is 0.530. The molecule has 0 unspecified atom stereocenters. The van der Waals surface area contributed by atoms with Crippen molar-refractivity contribution in [3.63, 3.8) is 0 Å². The third kappa shape index (κ3) is 3.58. The van der Waals surface area contributed by atoms with E-state index in [2.05, 4.69) is 4.98 Å². The summed E-state index contributed by atoms with van der Waals surface area (Å²) in [4.78, 5) is 16.4. The van der Waals surface area contributed by atoms with E-state index in [0.29, 0.717) is 33.5 Å². The van der Waals surface area contributed by atoms with Crippen LogP contribution in [0.4, 0.5) is 8.78 Å². The lowest BCUT2D eigenvalue weighted by atomic mass is 9.96. The van der Waals surface area contributed by atoms with Crippen LogP contribution in [0.1, 0.15) is 15.9 Å². The van der Waals surface area contributed by atoms with Gasteiger partial charge in [0.2, 0.25) is 0 Å². The fraction of sp³-hybridized carbons (Fsp3) is 0.0435. The number of nitrogens with zero attached hydrogens (tertiary/aromatic N) is 1. The van der Waals surface area contributed by atoms with Crippen LogP contribution < -0.4 is 0 Å². The summed E-state index contributed by atoms with van der Waals surface area (Å²) in [5.74, 6) is -1.97. The SMILES string of the molecule is Cc1c(-c2ccc(-c3ccccc3F)cc2)nc2ccc(F)cc2c1C(=O)O.O. The monoisotopic (exact) mass is 393 g/mol. The summed E-state index contributed by atoms with van der Waals surface area (Å²) >= 11 is 0. The van der Waals surface area contributed by atoms with E-state index < -0.39 is 11.8 Å². The van der Waals surface area contributed by atoms with Crippen LogP contribution in [0.2, 0.25) is 0 Å². The summed E-state index contributed by atoms with van der Waals surface area (Å²) in [6, 6.07) is 17.5. The number of carboxylic acid groups (broad SMARTS) is 1. The van der Waals surface area contributed by atoms with Crippen LogP contribution in [-0.2, 0) is 0 Å². The summed E-state index contributed by atoms with van der Waals surface area (Å²) in [5.41, 5.74) is 3.27. The van der Waals surface area contributed by atoms with Gasteiger partial charge in [-0.2, -0.15) is 0 Å². The third-order valence-corrected chi connectivity index (χ3v) is 4.75. The van der Waals surface area contributed by atoms with Crippen molar-refractivity contribution in [2.45, 2.75) is 6.92 Å². The normalized spacial score (nSPS) is 10.6. The first kappa shape index (κ1) is 20.1. The predicted molar refractivity (Wildman–Crippen MR) is 108 cm³/mol. The molecule has 0 saturated heterocycles. The highest BCUT2D eigenvalue weighted by atomic mass is 19.1. The first-order chi connectivity index (χ1) is 13.5. The fourth-order valence-corrected chi connectivity index (χ4v) is 3.39. The zero-order valence-corrected chi connectivity index (χ0v) is 15.4. The van der Waals surface area contributed by atoms with Gasteiger partial charge in [-0.25, -0.2) is 18.6 Å². The van der Waals surface area contributed by atoms with Crippen molar-refractivity contribution >= 4 is 16.9 Å². The molecule has 3 N–H and O–H groups in total. The Morgan fingerprint density at radius 1 is 0.931 bits per heavy atom. The third-order valence-electron chi connectivity index (χ3n) is 4.75. The van der Waals surface area contributed by atoms with Gasteiger partial charge in [0.05, 0.1) is 16.8 Å². The van der Waals surface area contributed by atoms with E-state index in [1.165, 1.54) is 24.3 Å². The average molecular weight is 393 g/mol. The standard InChI is InChI=1S/C23H15F2NO2.H2O/c1-13-21(23(27)28)18-12-16(24)10-11-20(18)26-22(13)15-8-6-14(7-9-15)17-4-2-3-5-19(17)25;/h2-12H,1H3,(H,27,28);1H2. The first-order valence-electron chi connectivity index (χ1n) is 8.64. The number of pyridine rings is 1. The van der Waals surface area contributed by atoms with Crippen molar-refractivity contribution in [3.8, 4) is 22.4 Å². The van der Waals surface area contributed by atoms with Crippen LogP contribution in [-0.4, -0.2) is 21.5 Å². The largest absolute Gasteiger partial charge is 0.478 e. The van der Waals surface area contributed by atoms with Crippen LogP contribution in [0, 0.1) is 18.6 Å². The molecular weight excluding hydrogens is 376 g/mol. The summed E-state index contributed by atoms with van der Waals surface area (Å²) in [7, 11) is 0. The summed E-state index contributed by atoms with van der Waals surface area (Å²) in [6.45, 7) is 1.65. The zero-order valence-electron chi connectivity index (χ0n) is 15.4. The lowest BCUT2D eigenvalue weighted by Crippen LogP contribution is -2.05. The Bertz CT molecular complexity index is 1220. The summed E-state index contributed by atoms with van der Waals surface area (Å²) in [6.07, 6.45) is 0. The van der Waals surface area contributed by atoms with Gasteiger partial charge in [-0.05, 0) is 42.3 Å². The van der Waals surface area contributed by atoms with Gasteiger partial charge in [0.15, 0.2) is 0 Å². The fourth-order valence-electron chi connectivity index (χ4n) is 3.39. The maximum absolute atomic E-state index is 14.0. The van der Waals surface area contributed by atoms with E-state index in [9.17, 15) is 18.7 Å². The molecule has 0 atom stereocenters. The Labute approximate surface area is 165 Å². The Morgan fingerprint density at radius 3 is 2.24 bits per heavy atom. The lowest BCUT2D eigenvalue weighted by molar-refractivity contribution is 0.0698. The Hall–Kier alpha value is -3.64. The van der Waals surface area contributed by atoms with Crippen molar-refractivity contribution < 1.29 is 24.2 Å². The Morgan fingerprint density at radius 2 is 1.59 bits per heavy atom. The zero-order chi connectivity index (χ0) is 19.8. The van der Waals surface area contributed by atoms with Gasteiger partial charge < -0.3 is 10.6 Å². The molecule has 4 nitrogen and oxygen atoms in total. The molecule has 0 spiro atoms. The van der Waals surface area contributed by atoms with Crippen molar-refractivity contribution in [2.24, 2.45) is 0 Å². The second kappa shape index (κ2) is 7.77. The molecule has 3 aromatic carbocycles. The van der Waals surface area contributed by atoms with E-state index >= 15 is 0 Å². The van der Waals surface area contributed by atoms with E-state index in [4.69, 9.17) is 0 Å². The van der Waals surface area contributed by atoms with Crippen LogP contribution >= 0.6 is 0 Å². The van der Waals surface area contributed by atoms with Gasteiger partial charge in [-0.3, -0.25) is 0 Å². The molecule has 0 amide bonds. The molecule has 0 bridgehead atoms. The molecule has 6 heteroatoms. The van der Waals surface area contributed by atoms with E-state index in [1.54, 1.807) is 49.4 Å². The van der Waals surface area contributed by atoms with Gasteiger partial charge in [0.25, 0.3) is 0 Å². The molecule has 0 radical (unpaired) electrons. The minimum absolute atomic E-state index is 0. The van der Waals surface area contributed by atoms with Gasteiger partial charge in [-0.1, -0.05) is 42.5 Å². The molecule has 0 aliphatic carbocycles. The van der Waals surface area contributed by atoms with Crippen molar-refractivity contribution in [1.29, 1.82) is 0 Å². The molecule has 0 fully saturated rings. The highest BCUT2D eigenvalue weighted by Crippen LogP contribution is 2.32. The van der Waals surface area contributed by atoms with Crippen LogP contribution in [0.25, 0.3) is 33.3 Å². The van der Waals surface area contributed by atoms with E-state index in [0.717, 1.165) is 0 Å². The second-order valence-corrected chi connectivity index (χ2v) is 6.48. The number of benzene rings is 3. The number of fused-ring (bicyclic) bond motifs is 1. The molecular formula is C23H17F2NO3. The minimum atomic E-state index is -1.14. The van der Waals surface area contributed by atoms with Gasteiger partial charge in [0, 0.05) is 16.5 Å². The predicted octanol–water partition coefficient (Wildman–Crippen LogP) is 5.03. The van der Waals surface area contributed by atoms with Crippen molar-refractivity contribution in [2.75, 3.05) is 0 Å². The van der Waals surface area contributed by atoms with Crippen LogP contribution in [0.5, 0.6) is 0 Å². The Balaban J connectivity index is 0.00000240. The van der Waals surface area contributed by atoms with Crippen LogP contribution in [0.15, 0.2) is 66.7 Å². The number of aromatic nitrogens is 1. The van der Waals surface area contributed by atoms with E-state index in [1.807, 2.05) is 0 Å². The van der Waals surface area contributed by atoms with E-state index in [-0.39, 0.29) is 22.2 Å². The van der Waals surface area contributed by atoms with Gasteiger partial charge in [-0.15, -0.1) is 0 Å². The molecule has 4 aromatic rings. The summed E-state index contributed by atoms with van der Waals surface area (Å²) in [5, 5.41) is 9.92. The second-order valence-electron chi connectivity index (χ2n) is 6.48. The molecule has 1 heterocycles. The number of halogens is 2. The lowest BCUT2D eigenvalue weighted by Gasteiger charge is -2.13. The van der Waals surface area contributed by atoms with Gasteiger partial charge in [0.1, 0.15) is 11.6 Å². The number of carboxylic acids is 1. The molecule has 4 rings (SSSR count). The number of rotatable bonds is 3. The summed E-state index contributed by atoms with van der Waals surface area (Å²) < 4.78 is 27.6. The molecule has 146 valence electrons. The van der Waals surface area contributed by atoms with Crippen LogP contribution in [0.3, 0.4) is 0 Å². The average Bonchev–Trinajstić information content (AvgIpc) is 2.68. The first-order valence-corrected chi connectivity index (χ1v) is 8.64. The Kier molecular flexibility index (Phi) is 5.39. The number of aromatic carboxylic acids is 1. The molecule has 1 aromatic heterocycles. The highest BCUT2D eigenvalue weighted by Gasteiger charge is 2.19.